The van der Waals surface area contributed by atoms with Gasteiger partial charge in [-0.05, 0) is 24.3 Å². The molecule has 0 spiro atoms. The third kappa shape index (κ3) is 4.84. The molecule has 1 fully saturated rings. The fraction of sp³-hybridized carbons (Fsp3) is 0.538. The summed E-state index contributed by atoms with van der Waals surface area (Å²) < 4.78 is 10.7. The Morgan fingerprint density at radius 3 is 2.63 bits per heavy atom. The summed E-state index contributed by atoms with van der Waals surface area (Å²) in [5.41, 5.74) is 0.793. The second kappa shape index (κ2) is 7.70. The van der Waals surface area contributed by atoms with Crippen molar-refractivity contribution in [1.29, 1.82) is 0 Å². The first-order valence-corrected chi connectivity index (χ1v) is 6.46. The van der Waals surface area contributed by atoms with E-state index >= 15 is 0 Å². The molecular weight excluding hydrogens is 246 g/mol. The number of rotatable bonds is 6. The molecule has 6 nitrogen and oxygen atoms in total. The molecule has 1 N–H and O–H groups in total. The third-order valence-electron chi connectivity index (χ3n) is 2.68. The lowest BCUT2D eigenvalue weighted by Crippen LogP contribution is -2.31. The van der Waals surface area contributed by atoms with E-state index in [1.807, 2.05) is 29.3 Å². The van der Waals surface area contributed by atoms with Gasteiger partial charge in [-0.15, -0.1) is 5.11 Å². The summed E-state index contributed by atoms with van der Waals surface area (Å²) >= 11 is 0. The van der Waals surface area contributed by atoms with E-state index in [-0.39, 0.29) is 6.61 Å². The zero-order valence-electron chi connectivity index (χ0n) is 10.9. The van der Waals surface area contributed by atoms with Crippen LogP contribution in [0.25, 0.3) is 0 Å². The molecule has 0 aromatic heterocycles. The van der Waals surface area contributed by atoms with E-state index in [4.69, 9.17) is 14.6 Å². The summed E-state index contributed by atoms with van der Waals surface area (Å²) in [7, 11) is 0. The Morgan fingerprint density at radius 2 is 1.95 bits per heavy atom. The van der Waals surface area contributed by atoms with Crippen LogP contribution < -0.4 is 4.74 Å². The Morgan fingerprint density at radius 1 is 1.21 bits per heavy atom. The average molecular weight is 265 g/mol. The molecule has 1 aromatic carbocycles. The van der Waals surface area contributed by atoms with Gasteiger partial charge < -0.3 is 14.6 Å². The molecule has 1 aliphatic rings. The normalized spacial score (nSPS) is 15.9. The molecule has 6 heteroatoms. The Labute approximate surface area is 112 Å². The Balaban J connectivity index is 1.82. The molecule has 0 bridgehead atoms. The maximum absolute atomic E-state index is 8.66. The number of morpholine rings is 1. The summed E-state index contributed by atoms with van der Waals surface area (Å²) in [6.45, 7) is 3.64. The number of aliphatic hydroxyl groups is 1. The van der Waals surface area contributed by atoms with Gasteiger partial charge in [-0.25, -0.2) is 0 Å². The summed E-state index contributed by atoms with van der Waals surface area (Å²) in [6.07, 6.45) is 0.637. The van der Waals surface area contributed by atoms with Gasteiger partial charge in [0.05, 0.1) is 38.6 Å². The van der Waals surface area contributed by atoms with Crippen LogP contribution in [0.1, 0.15) is 6.42 Å². The van der Waals surface area contributed by atoms with Crippen molar-refractivity contribution in [2.24, 2.45) is 10.3 Å². The van der Waals surface area contributed by atoms with Crippen molar-refractivity contribution in [3.8, 4) is 5.75 Å². The smallest absolute Gasteiger partial charge is 0.119 e. The molecule has 1 saturated heterocycles. The number of hydrogen-bond donors (Lipinski definition) is 1. The molecule has 1 heterocycles. The minimum Gasteiger partial charge on any atom is -0.494 e. The van der Waals surface area contributed by atoms with Gasteiger partial charge in [-0.3, -0.25) is 5.01 Å². The highest BCUT2D eigenvalue weighted by molar-refractivity contribution is 5.40. The minimum absolute atomic E-state index is 0.145. The lowest BCUT2D eigenvalue weighted by Gasteiger charge is -2.22. The summed E-state index contributed by atoms with van der Waals surface area (Å²) in [5.74, 6) is 0.777. The van der Waals surface area contributed by atoms with Crippen molar-refractivity contribution in [1.82, 2.24) is 5.01 Å². The van der Waals surface area contributed by atoms with Crippen LogP contribution in [0.5, 0.6) is 5.75 Å². The zero-order valence-corrected chi connectivity index (χ0v) is 10.9. The zero-order chi connectivity index (χ0) is 13.3. The van der Waals surface area contributed by atoms with E-state index in [0.29, 0.717) is 26.2 Å². The molecule has 0 unspecified atom stereocenters. The number of ether oxygens (including phenoxy) is 2. The predicted molar refractivity (Wildman–Crippen MR) is 70.5 cm³/mol. The van der Waals surface area contributed by atoms with Gasteiger partial charge in [-0.2, -0.15) is 0 Å². The Kier molecular flexibility index (Phi) is 5.58. The monoisotopic (exact) mass is 265 g/mol. The molecule has 19 heavy (non-hydrogen) atoms. The van der Waals surface area contributed by atoms with E-state index in [9.17, 15) is 0 Å². The second-order valence-corrected chi connectivity index (χ2v) is 4.18. The maximum atomic E-state index is 8.66. The molecule has 0 atom stereocenters. The van der Waals surface area contributed by atoms with Crippen molar-refractivity contribution >= 4 is 5.69 Å². The standard InChI is InChI=1S/C13H19N3O3/c17-8-1-9-19-13-4-2-12(3-5-13)14-15-16-6-10-18-11-7-16/h2-5,17H,1,6-11H2. The third-order valence-corrected chi connectivity index (χ3v) is 2.68. The van der Waals surface area contributed by atoms with E-state index in [2.05, 4.69) is 10.3 Å². The van der Waals surface area contributed by atoms with Gasteiger partial charge in [0.2, 0.25) is 0 Å². The molecule has 0 aliphatic carbocycles. The van der Waals surface area contributed by atoms with Crippen LogP contribution in [-0.4, -0.2) is 49.6 Å². The van der Waals surface area contributed by atoms with Crippen molar-refractivity contribution in [3.05, 3.63) is 24.3 Å². The first-order valence-electron chi connectivity index (χ1n) is 6.46. The lowest BCUT2D eigenvalue weighted by molar-refractivity contribution is 0.0354. The molecule has 104 valence electrons. The fourth-order valence-corrected chi connectivity index (χ4v) is 1.62. The SMILES string of the molecule is OCCCOc1ccc(N=NN2CCOCC2)cc1. The van der Waals surface area contributed by atoms with Crippen LogP contribution in [0.15, 0.2) is 34.6 Å². The quantitative estimate of drug-likeness (QED) is 0.629. The second-order valence-electron chi connectivity index (χ2n) is 4.18. The maximum Gasteiger partial charge on any atom is 0.119 e. The van der Waals surface area contributed by atoms with E-state index in [0.717, 1.165) is 24.5 Å². The highest BCUT2D eigenvalue weighted by atomic mass is 16.5. The summed E-state index contributed by atoms with van der Waals surface area (Å²) in [6, 6.07) is 7.42. The highest BCUT2D eigenvalue weighted by Crippen LogP contribution is 2.19. The van der Waals surface area contributed by atoms with Crippen molar-refractivity contribution < 1.29 is 14.6 Å². The molecule has 0 saturated carbocycles. The number of nitrogens with zero attached hydrogens (tertiary/aromatic N) is 3. The van der Waals surface area contributed by atoms with Gasteiger partial charge in [0.25, 0.3) is 0 Å². The molecule has 0 amide bonds. The number of benzene rings is 1. The number of aliphatic hydroxyl groups excluding tert-OH is 1. The van der Waals surface area contributed by atoms with Gasteiger partial charge in [0, 0.05) is 13.0 Å². The number of hydrogen-bond acceptors (Lipinski definition) is 5. The van der Waals surface area contributed by atoms with Crippen LogP contribution in [0.2, 0.25) is 0 Å². The van der Waals surface area contributed by atoms with Gasteiger partial charge in [0.1, 0.15) is 5.75 Å². The predicted octanol–water partition coefficient (Wildman–Crippen LogP) is 1.78. The Bertz CT molecular complexity index is 389. The van der Waals surface area contributed by atoms with Crippen molar-refractivity contribution in [2.75, 3.05) is 39.5 Å². The highest BCUT2D eigenvalue weighted by Gasteiger charge is 2.07. The van der Waals surface area contributed by atoms with E-state index in [1.165, 1.54) is 0 Å². The van der Waals surface area contributed by atoms with Gasteiger partial charge in [-0.1, -0.05) is 5.22 Å². The van der Waals surface area contributed by atoms with Crippen molar-refractivity contribution in [3.63, 3.8) is 0 Å². The summed E-state index contributed by atoms with van der Waals surface area (Å²) in [4.78, 5) is 0. The van der Waals surface area contributed by atoms with Crippen LogP contribution in [0.3, 0.4) is 0 Å². The topological polar surface area (TPSA) is 66.7 Å². The van der Waals surface area contributed by atoms with Crippen LogP contribution in [0, 0.1) is 0 Å². The minimum atomic E-state index is 0.145. The molecule has 1 aliphatic heterocycles. The fourth-order valence-electron chi connectivity index (χ4n) is 1.62. The van der Waals surface area contributed by atoms with Gasteiger partial charge in [0.15, 0.2) is 0 Å². The van der Waals surface area contributed by atoms with E-state index < -0.39 is 0 Å². The first-order chi connectivity index (χ1) is 9.38. The van der Waals surface area contributed by atoms with Crippen LogP contribution in [-0.2, 0) is 4.74 Å². The molecule has 0 radical (unpaired) electrons. The van der Waals surface area contributed by atoms with E-state index in [1.54, 1.807) is 0 Å². The first kappa shape index (κ1) is 13.8. The Hall–Kier alpha value is -1.66. The van der Waals surface area contributed by atoms with Crippen LogP contribution >= 0.6 is 0 Å². The molecule has 2 rings (SSSR count). The lowest BCUT2D eigenvalue weighted by atomic mass is 10.3. The molecule has 1 aromatic rings. The van der Waals surface area contributed by atoms with Crippen molar-refractivity contribution in [2.45, 2.75) is 6.42 Å². The summed E-state index contributed by atoms with van der Waals surface area (Å²) in [5, 5.41) is 18.9. The van der Waals surface area contributed by atoms with Crippen LogP contribution in [0.4, 0.5) is 5.69 Å². The molecular formula is C13H19N3O3. The average Bonchev–Trinajstić information content (AvgIpc) is 2.48. The largest absolute Gasteiger partial charge is 0.494 e. The van der Waals surface area contributed by atoms with Gasteiger partial charge >= 0.3 is 0 Å².